The molecule has 114 valence electrons. The first-order valence-electron chi connectivity index (χ1n) is 7.31. The highest BCUT2D eigenvalue weighted by Crippen LogP contribution is 2.13. The molecule has 2 fully saturated rings. The third-order valence-corrected chi connectivity index (χ3v) is 3.30. The van der Waals surface area contributed by atoms with E-state index in [0.717, 1.165) is 45.7 Å². The lowest BCUT2D eigenvalue weighted by Gasteiger charge is -2.17. The molecule has 2 rings (SSSR count). The molecule has 5 heteroatoms. The van der Waals surface area contributed by atoms with Gasteiger partial charge in [0.15, 0.2) is 0 Å². The predicted molar refractivity (Wildman–Crippen MR) is 72.1 cm³/mol. The molecule has 4 atom stereocenters. The van der Waals surface area contributed by atoms with E-state index in [2.05, 4.69) is 0 Å². The summed E-state index contributed by atoms with van der Waals surface area (Å²) in [6, 6.07) is 0. The average molecular weight is 276 g/mol. The molecule has 2 saturated heterocycles. The van der Waals surface area contributed by atoms with Gasteiger partial charge in [-0.1, -0.05) is 20.3 Å². The van der Waals surface area contributed by atoms with Crippen molar-refractivity contribution in [2.45, 2.75) is 51.4 Å². The molecule has 19 heavy (non-hydrogen) atoms. The average Bonchev–Trinajstić information content (AvgIpc) is 3.27. The fourth-order valence-electron chi connectivity index (χ4n) is 1.71. The first kappa shape index (κ1) is 16.9. The first-order valence-corrected chi connectivity index (χ1v) is 7.31. The van der Waals surface area contributed by atoms with Gasteiger partial charge in [0.05, 0.1) is 32.5 Å². The van der Waals surface area contributed by atoms with Crippen molar-refractivity contribution in [2.24, 2.45) is 5.92 Å². The van der Waals surface area contributed by atoms with Crippen LogP contribution in [0.15, 0.2) is 0 Å². The van der Waals surface area contributed by atoms with Crippen molar-refractivity contribution in [2.75, 3.05) is 33.0 Å². The monoisotopic (exact) mass is 276 g/mol. The van der Waals surface area contributed by atoms with E-state index in [0.29, 0.717) is 12.2 Å². The summed E-state index contributed by atoms with van der Waals surface area (Å²) >= 11 is 0. The lowest BCUT2D eigenvalue weighted by molar-refractivity contribution is 0.0584. The van der Waals surface area contributed by atoms with Crippen molar-refractivity contribution < 1.29 is 24.4 Å². The summed E-state index contributed by atoms with van der Waals surface area (Å²) in [7, 11) is 0. The smallest absolute Gasteiger partial charge is 0.104 e. The van der Waals surface area contributed by atoms with Gasteiger partial charge in [-0.3, -0.25) is 0 Å². The van der Waals surface area contributed by atoms with Crippen molar-refractivity contribution in [3.8, 4) is 0 Å². The molecule has 2 heterocycles. The van der Waals surface area contributed by atoms with Gasteiger partial charge in [-0.25, -0.2) is 0 Å². The summed E-state index contributed by atoms with van der Waals surface area (Å²) in [6.07, 6.45) is 3.13. The Kier molecular flexibility index (Phi) is 8.57. The Morgan fingerprint density at radius 1 is 1.16 bits per heavy atom. The minimum atomic E-state index is -0.306. The topological polar surface area (TPSA) is 74.8 Å². The molecule has 0 aliphatic carbocycles. The maximum atomic E-state index is 9.35. The van der Waals surface area contributed by atoms with Crippen molar-refractivity contribution in [1.82, 2.24) is 0 Å². The lowest BCUT2D eigenvalue weighted by Crippen LogP contribution is -2.22. The van der Waals surface area contributed by atoms with E-state index in [1.54, 1.807) is 0 Å². The number of aliphatic hydroxyl groups excluding tert-OH is 2. The molecular weight excluding hydrogens is 248 g/mol. The van der Waals surface area contributed by atoms with Gasteiger partial charge < -0.3 is 24.4 Å². The molecule has 0 saturated carbocycles. The zero-order valence-corrected chi connectivity index (χ0v) is 12.1. The molecule has 0 amide bonds. The second kappa shape index (κ2) is 9.66. The second-order valence-electron chi connectivity index (χ2n) is 5.16. The molecule has 2 aliphatic heterocycles. The molecule has 2 N–H and O–H groups in total. The van der Waals surface area contributed by atoms with E-state index in [4.69, 9.17) is 19.3 Å². The van der Waals surface area contributed by atoms with Gasteiger partial charge in [0, 0.05) is 12.5 Å². The Morgan fingerprint density at radius 2 is 1.68 bits per heavy atom. The Hall–Kier alpha value is -0.200. The highest BCUT2D eigenvalue weighted by Gasteiger charge is 2.26. The van der Waals surface area contributed by atoms with Crippen LogP contribution in [-0.2, 0) is 14.2 Å². The number of rotatable bonds is 9. The van der Waals surface area contributed by atoms with E-state index in [1.165, 1.54) is 0 Å². The molecule has 0 radical (unpaired) electrons. The van der Waals surface area contributed by atoms with Crippen LogP contribution >= 0.6 is 0 Å². The number of aliphatic hydroxyl groups is 2. The van der Waals surface area contributed by atoms with Crippen LogP contribution < -0.4 is 0 Å². The zero-order chi connectivity index (χ0) is 14.1. The van der Waals surface area contributed by atoms with Gasteiger partial charge in [0.25, 0.3) is 0 Å². The fraction of sp³-hybridized carbons (Fsp3) is 1.00. The third kappa shape index (κ3) is 8.55. The standard InChI is InChI=1S/C8H18O2.C6H10O3/c1-3-5-8(10)7(4-2)6-9;1(5-3-8-5)7-2-6-4-9-6/h7-10H,3-6H2,1-2H3;5-6H,1-4H2. The van der Waals surface area contributed by atoms with Gasteiger partial charge in [-0.15, -0.1) is 0 Å². The molecule has 0 spiro atoms. The van der Waals surface area contributed by atoms with E-state index in [1.807, 2.05) is 13.8 Å². The molecular formula is C14H28O5. The van der Waals surface area contributed by atoms with Gasteiger partial charge in [-0.2, -0.15) is 0 Å². The number of epoxide rings is 2. The van der Waals surface area contributed by atoms with E-state index in [-0.39, 0.29) is 18.6 Å². The molecule has 0 bridgehead atoms. The van der Waals surface area contributed by atoms with Crippen LogP contribution in [0.3, 0.4) is 0 Å². The summed E-state index contributed by atoms with van der Waals surface area (Å²) < 4.78 is 15.1. The number of ether oxygens (including phenoxy) is 3. The number of hydrogen-bond acceptors (Lipinski definition) is 5. The summed E-state index contributed by atoms with van der Waals surface area (Å²) in [5.41, 5.74) is 0. The van der Waals surface area contributed by atoms with Crippen LogP contribution in [0.2, 0.25) is 0 Å². The van der Waals surface area contributed by atoms with Crippen molar-refractivity contribution in [1.29, 1.82) is 0 Å². The summed E-state index contributed by atoms with van der Waals surface area (Å²) in [4.78, 5) is 0. The van der Waals surface area contributed by atoms with Crippen LogP contribution in [-0.4, -0.2) is 61.6 Å². The van der Waals surface area contributed by atoms with E-state index in [9.17, 15) is 5.11 Å². The molecule has 4 unspecified atom stereocenters. The summed E-state index contributed by atoms with van der Waals surface area (Å²) in [5, 5.41) is 18.1. The van der Waals surface area contributed by atoms with Gasteiger partial charge in [-0.05, 0) is 12.8 Å². The Bertz CT molecular complexity index is 200. The SMILES string of the molecule is C(OCC1CO1)C1CO1.CCCC(O)C(CC)CO. The largest absolute Gasteiger partial charge is 0.396 e. The molecule has 0 aromatic carbocycles. The Labute approximate surface area is 115 Å². The highest BCUT2D eigenvalue weighted by molar-refractivity contribution is 4.71. The third-order valence-electron chi connectivity index (χ3n) is 3.30. The maximum Gasteiger partial charge on any atom is 0.104 e. The van der Waals surface area contributed by atoms with Crippen LogP contribution in [0.5, 0.6) is 0 Å². The van der Waals surface area contributed by atoms with Crippen molar-refractivity contribution in [3.63, 3.8) is 0 Å². The Morgan fingerprint density at radius 3 is 2.00 bits per heavy atom. The fourth-order valence-corrected chi connectivity index (χ4v) is 1.71. The minimum Gasteiger partial charge on any atom is -0.396 e. The molecule has 2 aliphatic rings. The lowest BCUT2D eigenvalue weighted by atomic mass is 9.97. The predicted octanol–water partition coefficient (Wildman–Crippen LogP) is 0.966. The highest BCUT2D eigenvalue weighted by atomic mass is 16.6. The van der Waals surface area contributed by atoms with Crippen LogP contribution in [0.25, 0.3) is 0 Å². The van der Waals surface area contributed by atoms with Gasteiger partial charge in [0.2, 0.25) is 0 Å². The minimum absolute atomic E-state index is 0.0833. The van der Waals surface area contributed by atoms with Crippen LogP contribution in [0.4, 0.5) is 0 Å². The van der Waals surface area contributed by atoms with E-state index >= 15 is 0 Å². The molecule has 0 aromatic heterocycles. The van der Waals surface area contributed by atoms with Crippen LogP contribution in [0, 0.1) is 5.92 Å². The zero-order valence-electron chi connectivity index (χ0n) is 12.1. The maximum absolute atomic E-state index is 9.35. The second-order valence-corrected chi connectivity index (χ2v) is 5.16. The summed E-state index contributed by atoms with van der Waals surface area (Å²) in [5.74, 6) is 0.0833. The first-order chi connectivity index (χ1) is 9.21. The van der Waals surface area contributed by atoms with E-state index < -0.39 is 0 Å². The normalized spacial score (nSPS) is 27.2. The van der Waals surface area contributed by atoms with Crippen molar-refractivity contribution >= 4 is 0 Å². The van der Waals surface area contributed by atoms with Gasteiger partial charge in [0.1, 0.15) is 12.2 Å². The van der Waals surface area contributed by atoms with Crippen molar-refractivity contribution in [3.05, 3.63) is 0 Å². The molecule has 0 aromatic rings. The quantitative estimate of drug-likeness (QED) is 0.614. The van der Waals surface area contributed by atoms with Gasteiger partial charge >= 0.3 is 0 Å². The Balaban J connectivity index is 0.000000190. The van der Waals surface area contributed by atoms with Crippen LogP contribution in [0.1, 0.15) is 33.1 Å². The summed E-state index contributed by atoms with van der Waals surface area (Å²) in [6.45, 7) is 7.39. The molecule has 5 nitrogen and oxygen atoms in total. The number of hydrogen-bond donors (Lipinski definition) is 2.